The lowest BCUT2D eigenvalue weighted by molar-refractivity contribution is -0.111. The number of nitrogens with one attached hydrogen (secondary N) is 1. The summed E-state index contributed by atoms with van der Waals surface area (Å²) in [6.07, 6.45) is 6.53. The van der Waals surface area contributed by atoms with Crippen LogP contribution in [0.5, 0.6) is 28.7 Å². The molecule has 3 rings (SSSR count). The highest BCUT2D eigenvalue weighted by molar-refractivity contribution is 6.04. The number of methoxy groups -OCH3 is 3. The number of hydrogen-bond acceptors (Lipinski definition) is 6. The van der Waals surface area contributed by atoms with Crippen molar-refractivity contribution in [1.82, 2.24) is 0 Å². The number of carbonyl (C=O) groups excluding carboxylic acids is 1. The monoisotopic (exact) mass is 447 g/mol. The number of phenols is 2. The summed E-state index contributed by atoms with van der Waals surface area (Å²) in [5.41, 5.74) is 2.41. The van der Waals surface area contributed by atoms with E-state index in [2.05, 4.69) is 5.32 Å². The maximum Gasteiger partial charge on any atom is 0.248 e. The summed E-state index contributed by atoms with van der Waals surface area (Å²) >= 11 is 0. The first-order valence-electron chi connectivity index (χ1n) is 10.0. The average molecular weight is 447 g/mol. The molecule has 7 nitrogen and oxygen atoms in total. The quantitative estimate of drug-likeness (QED) is 0.257. The number of hydrogen-bond donors (Lipinski definition) is 3. The van der Waals surface area contributed by atoms with Crippen molar-refractivity contribution in [3.8, 4) is 28.7 Å². The van der Waals surface area contributed by atoms with E-state index in [0.717, 1.165) is 11.1 Å². The Morgan fingerprint density at radius 2 is 1.48 bits per heavy atom. The topological polar surface area (TPSA) is 97.3 Å². The molecule has 3 aromatic rings. The van der Waals surface area contributed by atoms with Crippen LogP contribution in [0.25, 0.3) is 18.2 Å². The van der Waals surface area contributed by atoms with Gasteiger partial charge in [-0.2, -0.15) is 0 Å². The van der Waals surface area contributed by atoms with Gasteiger partial charge in [0.05, 0.1) is 27.0 Å². The fraction of sp³-hybridized carbons (Fsp3) is 0.115. The SMILES string of the molecule is COc1cc(C=Cc2cccc(O)c2NC(=O)/C=C/c2ccc(O)cc2)cc(OC)c1OC. The van der Waals surface area contributed by atoms with Gasteiger partial charge in [-0.05, 0) is 47.5 Å². The van der Waals surface area contributed by atoms with Crippen LogP contribution in [0.3, 0.4) is 0 Å². The number of anilines is 1. The third-order valence-corrected chi connectivity index (χ3v) is 4.79. The van der Waals surface area contributed by atoms with E-state index in [4.69, 9.17) is 14.2 Å². The summed E-state index contributed by atoms with van der Waals surface area (Å²) in [5, 5.41) is 22.4. The first kappa shape index (κ1) is 23.3. The molecule has 3 N–H and O–H groups in total. The molecule has 0 heterocycles. The molecule has 1 amide bonds. The third-order valence-electron chi connectivity index (χ3n) is 4.79. The van der Waals surface area contributed by atoms with Crippen molar-refractivity contribution in [3.63, 3.8) is 0 Å². The summed E-state index contributed by atoms with van der Waals surface area (Å²) in [7, 11) is 4.62. The number of aromatic hydroxyl groups is 2. The highest BCUT2D eigenvalue weighted by atomic mass is 16.5. The highest BCUT2D eigenvalue weighted by Gasteiger charge is 2.13. The van der Waals surface area contributed by atoms with E-state index in [0.29, 0.717) is 22.8 Å². The molecule has 33 heavy (non-hydrogen) atoms. The molecule has 0 saturated heterocycles. The minimum Gasteiger partial charge on any atom is -0.508 e. The Hall–Kier alpha value is -4.39. The highest BCUT2D eigenvalue weighted by Crippen LogP contribution is 2.39. The molecular formula is C26H25NO6. The van der Waals surface area contributed by atoms with Crippen LogP contribution in [0.2, 0.25) is 0 Å². The van der Waals surface area contributed by atoms with Crippen LogP contribution in [-0.2, 0) is 4.79 Å². The summed E-state index contributed by atoms with van der Waals surface area (Å²) in [4.78, 5) is 12.4. The van der Waals surface area contributed by atoms with Gasteiger partial charge in [0, 0.05) is 11.6 Å². The Balaban J connectivity index is 1.84. The minimum atomic E-state index is -0.410. The van der Waals surface area contributed by atoms with Gasteiger partial charge < -0.3 is 29.7 Å². The van der Waals surface area contributed by atoms with E-state index in [-0.39, 0.29) is 17.2 Å². The Labute approximate surface area is 192 Å². The van der Waals surface area contributed by atoms with E-state index in [9.17, 15) is 15.0 Å². The van der Waals surface area contributed by atoms with Gasteiger partial charge in [-0.1, -0.05) is 36.4 Å². The second-order valence-corrected chi connectivity index (χ2v) is 6.95. The molecule has 0 saturated carbocycles. The number of ether oxygens (including phenoxy) is 3. The van der Waals surface area contributed by atoms with Gasteiger partial charge in [0.2, 0.25) is 11.7 Å². The zero-order chi connectivity index (χ0) is 23.8. The van der Waals surface area contributed by atoms with Gasteiger partial charge in [0.1, 0.15) is 11.5 Å². The second-order valence-electron chi connectivity index (χ2n) is 6.95. The summed E-state index contributed by atoms with van der Waals surface area (Å²) in [6, 6.07) is 15.0. The van der Waals surface area contributed by atoms with Crippen molar-refractivity contribution in [2.24, 2.45) is 0 Å². The van der Waals surface area contributed by atoms with Crippen molar-refractivity contribution in [2.75, 3.05) is 26.6 Å². The first-order valence-corrected chi connectivity index (χ1v) is 10.0. The number of benzene rings is 3. The lowest BCUT2D eigenvalue weighted by Gasteiger charge is -2.13. The fourth-order valence-electron chi connectivity index (χ4n) is 3.14. The Morgan fingerprint density at radius 3 is 2.09 bits per heavy atom. The molecule has 0 aliphatic heterocycles. The van der Waals surface area contributed by atoms with Crippen molar-refractivity contribution >= 4 is 29.8 Å². The number of amides is 1. The molecule has 7 heteroatoms. The normalized spacial score (nSPS) is 11.0. The van der Waals surface area contributed by atoms with Gasteiger partial charge in [-0.3, -0.25) is 4.79 Å². The Bertz CT molecular complexity index is 1160. The zero-order valence-corrected chi connectivity index (χ0v) is 18.5. The van der Waals surface area contributed by atoms with Gasteiger partial charge in [-0.25, -0.2) is 0 Å². The average Bonchev–Trinajstić information content (AvgIpc) is 2.83. The lowest BCUT2D eigenvalue weighted by Crippen LogP contribution is -2.09. The molecule has 0 aliphatic carbocycles. The van der Waals surface area contributed by atoms with Crippen molar-refractivity contribution in [2.45, 2.75) is 0 Å². The van der Waals surface area contributed by atoms with Crippen molar-refractivity contribution < 1.29 is 29.2 Å². The largest absolute Gasteiger partial charge is 0.508 e. The third kappa shape index (κ3) is 5.86. The molecule has 0 atom stereocenters. The van der Waals surface area contributed by atoms with Crippen molar-refractivity contribution in [1.29, 1.82) is 0 Å². The molecule has 0 radical (unpaired) electrons. The Morgan fingerprint density at radius 1 is 0.818 bits per heavy atom. The predicted molar refractivity (Wildman–Crippen MR) is 129 cm³/mol. The van der Waals surface area contributed by atoms with Crippen LogP contribution in [-0.4, -0.2) is 37.4 Å². The van der Waals surface area contributed by atoms with E-state index < -0.39 is 5.91 Å². The maximum atomic E-state index is 12.4. The minimum absolute atomic E-state index is 0.0616. The summed E-state index contributed by atoms with van der Waals surface area (Å²) < 4.78 is 16.1. The molecule has 0 aromatic heterocycles. The molecule has 0 aliphatic rings. The number of carbonyl (C=O) groups is 1. The van der Waals surface area contributed by atoms with Crippen LogP contribution in [0.4, 0.5) is 5.69 Å². The predicted octanol–water partition coefficient (Wildman–Crippen LogP) is 4.95. The molecule has 0 bridgehead atoms. The van der Waals surface area contributed by atoms with Crippen LogP contribution < -0.4 is 19.5 Å². The van der Waals surface area contributed by atoms with E-state index in [1.54, 1.807) is 68.8 Å². The summed E-state index contributed by atoms with van der Waals surface area (Å²) in [6.45, 7) is 0. The van der Waals surface area contributed by atoms with E-state index >= 15 is 0 Å². The standard InChI is InChI=1S/C26H25NO6/c1-31-22-15-18(16-23(32-2)26(22)33-3)7-11-19-5-4-6-21(29)25(19)27-24(30)14-10-17-8-12-20(28)13-9-17/h4-16,28-29H,1-3H3,(H,27,30)/b11-7?,14-10+. The number of phenolic OH excluding ortho intramolecular Hbond substituents is 2. The second kappa shape index (κ2) is 10.8. The maximum absolute atomic E-state index is 12.4. The van der Waals surface area contributed by atoms with Crippen LogP contribution in [0.15, 0.2) is 60.7 Å². The molecule has 0 unspecified atom stereocenters. The van der Waals surface area contributed by atoms with E-state index in [1.165, 1.54) is 31.4 Å². The number of rotatable bonds is 8. The van der Waals surface area contributed by atoms with Crippen LogP contribution in [0, 0.1) is 0 Å². The fourth-order valence-corrected chi connectivity index (χ4v) is 3.14. The van der Waals surface area contributed by atoms with Gasteiger partial charge in [0.15, 0.2) is 11.5 Å². The Kier molecular flexibility index (Phi) is 7.60. The smallest absolute Gasteiger partial charge is 0.248 e. The molecule has 0 fully saturated rings. The lowest BCUT2D eigenvalue weighted by atomic mass is 10.1. The number of para-hydroxylation sites is 1. The van der Waals surface area contributed by atoms with Gasteiger partial charge in [-0.15, -0.1) is 0 Å². The van der Waals surface area contributed by atoms with Crippen LogP contribution >= 0.6 is 0 Å². The van der Waals surface area contributed by atoms with E-state index in [1.807, 2.05) is 0 Å². The van der Waals surface area contributed by atoms with Crippen LogP contribution in [0.1, 0.15) is 16.7 Å². The molecule has 170 valence electrons. The molecule has 3 aromatic carbocycles. The molecule has 0 spiro atoms. The molecular weight excluding hydrogens is 422 g/mol. The first-order chi connectivity index (χ1) is 15.9. The van der Waals surface area contributed by atoms with Gasteiger partial charge >= 0.3 is 0 Å². The summed E-state index contributed by atoms with van der Waals surface area (Å²) in [5.74, 6) is 1.19. The van der Waals surface area contributed by atoms with Gasteiger partial charge in [0.25, 0.3) is 0 Å². The zero-order valence-electron chi connectivity index (χ0n) is 18.5. The van der Waals surface area contributed by atoms with Crippen molar-refractivity contribution in [3.05, 3.63) is 77.4 Å².